The summed E-state index contributed by atoms with van der Waals surface area (Å²) in [7, 11) is -5.47. The maximum Gasteiger partial charge on any atom is 0.276 e. The quantitative estimate of drug-likeness (QED) is 0.158. The van der Waals surface area contributed by atoms with Crippen molar-refractivity contribution in [3.05, 3.63) is 84.9 Å². The highest BCUT2D eigenvalue weighted by molar-refractivity contribution is 7.92. The Morgan fingerprint density at radius 3 is 2.47 bits per heavy atom. The van der Waals surface area contributed by atoms with E-state index in [1.54, 1.807) is 24.4 Å². The van der Waals surface area contributed by atoms with Crippen LogP contribution in [0.5, 0.6) is 0 Å². The van der Waals surface area contributed by atoms with Crippen molar-refractivity contribution in [1.82, 2.24) is 20.2 Å². The summed E-state index contributed by atoms with van der Waals surface area (Å²) in [6.45, 7) is 6.85. The predicted molar refractivity (Wildman–Crippen MR) is 149 cm³/mol. The molecule has 0 unspecified atom stereocenters. The number of amides is 1. The number of carbonyl (C=O) groups excluding carboxylic acids is 1. The standard InChI is InChI=1S/C26H30N6O4SSi/c1-38(2,3)16-15-36-19-32(26-27-13-8-14-28-26)37(34,35)22-12-7-11-21(17-22)30-25(33)24-23(18-29-31-24)20-9-5-4-6-10-20/h4-14,17-18H,15-16,19H2,1-3H3,(H,29,31)(H,30,33). The number of nitrogens with zero attached hydrogens (tertiary/aromatic N) is 4. The lowest BCUT2D eigenvalue weighted by atomic mass is 10.1. The molecule has 198 valence electrons. The number of sulfonamides is 1. The third kappa shape index (κ3) is 6.71. The molecule has 38 heavy (non-hydrogen) atoms. The van der Waals surface area contributed by atoms with Crippen LogP contribution in [0.3, 0.4) is 0 Å². The van der Waals surface area contributed by atoms with Crippen LogP contribution in [0.4, 0.5) is 11.6 Å². The Morgan fingerprint density at radius 1 is 1.03 bits per heavy atom. The van der Waals surface area contributed by atoms with E-state index in [4.69, 9.17) is 4.74 Å². The summed E-state index contributed by atoms with van der Waals surface area (Å²) in [5, 5.41) is 9.57. The molecule has 12 heteroatoms. The van der Waals surface area contributed by atoms with E-state index in [2.05, 4.69) is 45.1 Å². The average molecular weight is 551 g/mol. The molecule has 0 radical (unpaired) electrons. The Kier molecular flexibility index (Phi) is 8.34. The van der Waals surface area contributed by atoms with Gasteiger partial charge in [-0.25, -0.2) is 22.7 Å². The van der Waals surface area contributed by atoms with Gasteiger partial charge in [0.1, 0.15) is 6.73 Å². The van der Waals surface area contributed by atoms with Crippen LogP contribution in [0.25, 0.3) is 11.1 Å². The zero-order valence-corrected chi connectivity index (χ0v) is 23.3. The smallest absolute Gasteiger partial charge is 0.276 e. The van der Waals surface area contributed by atoms with Crippen molar-refractivity contribution in [2.24, 2.45) is 0 Å². The molecule has 0 aliphatic rings. The van der Waals surface area contributed by atoms with Crippen molar-refractivity contribution >= 4 is 35.6 Å². The number of anilines is 2. The highest BCUT2D eigenvalue weighted by atomic mass is 32.2. The lowest BCUT2D eigenvalue weighted by Crippen LogP contribution is -2.35. The maximum atomic E-state index is 13.7. The number of ether oxygens (including phenoxy) is 1. The Hall–Kier alpha value is -3.87. The van der Waals surface area contributed by atoms with E-state index in [9.17, 15) is 13.2 Å². The molecule has 0 saturated carbocycles. The highest BCUT2D eigenvalue weighted by Crippen LogP contribution is 2.25. The van der Waals surface area contributed by atoms with Gasteiger partial charge in [0.2, 0.25) is 5.95 Å². The van der Waals surface area contributed by atoms with Crippen molar-refractivity contribution < 1.29 is 17.9 Å². The molecule has 2 heterocycles. The van der Waals surface area contributed by atoms with Crippen molar-refractivity contribution in [2.75, 3.05) is 23.0 Å². The van der Waals surface area contributed by atoms with Crippen LogP contribution >= 0.6 is 0 Å². The fraction of sp³-hybridized carbons (Fsp3) is 0.231. The molecule has 2 aromatic carbocycles. The molecule has 0 saturated heterocycles. The molecule has 0 bridgehead atoms. The van der Waals surface area contributed by atoms with Crippen molar-refractivity contribution in [2.45, 2.75) is 30.6 Å². The Morgan fingerprint density at radius 2 is 1.76 bits per heavy atom. The molecule has 4 rings (SSSR count). The van der Waals surface area contributed by atoms with Gasteiger partial charge in [0, 0.05) is 44.5 Å². The van der Waals surface area contributed by atoms with Gasteiger partial charge in [0.25, 0.3) is 15.9 Å². The van der Waals surface area contributed by atoms with Gasteiger partial charge in [0.05, 0.1) is 4.90 Å². The first-order valence-corrected chi connectivity index (χ1v) is 17.2. The summed E-state index contributed by atoms with van der Waals surface area (Å²) in [6.07, 6.45) is 4.58. The molecule has 0 spiro atoms. The van der Waals surface area contributed by atoms with Crippen molar-refractivity contribution in [1.29, 1.82) is 0 Å². The van der Waals surface area contributed by atoms with E-state index >= 15 is 0 Å². The van der Waals surface area contributed by atoms with Crippen LogP contribution in [-0.2, 0) is 14.8 Å². The predicted octanol–water partition coefficient (Wildman–Crippen LogP) is 4.63. The summed E-state index contributed by atoms with van der Waals surface area (Å²) >= 11 is 0. The second kappa shape index (κ2) is 11.7. The summed E-state index contributed by atoms with van der Waals surface area (Å²) in [5.74, 6) is -0.475. The lowest BCUT2D eigenvalue weighted by molar-refractivity contribution is 0.102. The highest BCUT2D eigenvalue weighted by Gasteiger charge is 2.28. The normalized spacial score (nSPS) is 11.8. The van der Waals surface area contributed by atoms with Gasteiger partial charge in [-0.15, -0.1) is 0 Å². The van der Waals surface area contributed by atoms with Gasteiger partial charge in [-0.3, -0.25) is 9.89 Å². The monoisotopic (exact) mass is 550 g/mol. The van der Waals surface area contributed by atoms with E-state index in [1.165, 1.54) is 24.5 Å². The SMILES string of the molecule is C[Si](C)(C)CCOCN(c1ncccn1)S(=O)(=O)c1cccc(NC(=O)c2n[nH]cc2-c2ccccc2)c1. The van der Waals surface area contributed by atoms with Crippen LogP contribution in [0, 0.1) is 0 Å². The molecule has 4 aromatic rings. The minimum absolute atomic E-state index is 0.000956. The number of H-pyrrole nitrogens is 1. The second-order valence-corrected chi connectivity index (χ2v) is 17.2. The first-order valence-electron chi connectivity index (χ1n) is 12.0. The van der Waals surface area contributed by atoms with Gasteiger partial charge >= 0.3 is 0 Å². The van der Waals surface area contributed by atoms with Gasteiger partial charge in [-0.2, -0.15) is 5.10 Å². The Balaban J connectivity index is 1.56. The number of aromatic nitrogens is 4. The summed E-state index contributed by atoms with van der Waals surface area (Å²) in [4.78, 5) is 21.3. The first kappa shape index (κ1) is 27.2. The third-order valence-corrected chi connectivity index (χ3v) is 9.00. The van der Waals surface area contributed by atoms with Crippen molar-refractivity contribution in [3.63, 3.8) is 0 Å². The Bertz CT molecular complexity index is 1470. The third-order valence-electron chi connectivity index (χ3n) is 5.60. The number of carbonyl (C=O) groups is 1. The van der Waals surface area contributed by atoms with Crippen LogP contribution in [-0.4, -0.2) is 55.9 Å². The Labute approximate surface area is 223 Å². The van der Waals surface area contributed by atoms with Crippen LogP contribution in [0.2, 0.25) is 25.7 Å². The van der Waals surface area contributed by atoms with Gasteiger partial charge < -0.3 is 10.1 Å². The minimum atomic E-state index is -4.11. The van der Waals surface area contributed by atoms with Gasteiger partial charge in [-0.05, 0) is 35.9 Å². The number of aromatic amines is 1. The molecule has 0 fully saturated rings. The fourth-order valence-electron chi connectivity index (χ4n) is 3.53. The van der Waals surface area contributed by atoms with Gasteiger partial charge in [0.15, 0.2) is 5.69 Å². The molecule has 0 aliphatic carbocycles. The zero-order chi connectivity index (χ0) is 27.2. The number of nitrogens with one attached hydrogen (secondary N) is 2. The van der Waals surface area contributed by atoms with Gasteiger partial charge in [-0.1, -0.05) is 56.0 Å². The molecule has 0 atom stereocenters. The summed E-state index contributed by atoms with van der Waals surface area (Å²) in [5.41, 5.74) is 1.95. The molecule has 2 N–H and O–H groups in total. The largest absolute Gasteiger partial charge is 0.360 e. The van der Waals surface area contributed by atoms with E-state index in [0.29, 0.717) is 17.9 Å². The number of rotatable bonds is 11. The lowest BCUT2D eigenvalue weighted by Gasteiger charge is -2.23. The molecular weight excluding hydrogens is 520 g/mol. The van der Waals surface area contributed by atoms with Crippen molar-refractivity contribution in [3.8, 4) is 11.1 Å². The number of hydrogen-bond acceptors (Lipinski definition) is 7. The van der Waals surface area contributed by atoms with E-state index < -0.39 is 24.0 Å². The number of benzene rings is 2. The van der Waals surface area contributed by atoms with E-state index in [1.807, 2.05) is 30.3 Å². The minimum Gasteiger partial charge on any atom is -0.360 e. The molecular formula is C26H30N6O4SSi. The molecule has 2 aromatic heterocycles. The van der Waals surface area contributed by atoms with Crippen LogP contribution in [0.15, 0.2) is 84.1 Å². The van der Waals surface area contributed by atoms with Crippen LogP contribution in [0.1, 0.15) is 10.5 Å². The maximum absolute atomic E-state index is 13.7. The average Bonchev–Trinajstić information content (AvgIpc) is 3.39. The topological polar surface area (TPSA) is 130 Å². The molecule has 1 amide bonds. The second-order valence-electron chi connectivity index (χ2n) is 9.75. The first-order chi connectivity index (χ1) is 18.1. The molecule has 0 aliphatic heterocycles. The fourth-order valence-corrected chi connectivity index (χ4v) is 5.59. The van der Waals surface area contributed by atoms with Crippen LogP contribution < -0.4 is 9.62 Å². The van der Waals surface area contributed by atoms with E-state index in [-0.39, 0.29) is 23.3 Å². The molecule has 10 nitrogen and oxygen atoms in total. The summed E-state index contributed by atoms with van der Waals surface area (Å²) in [6, 6.07) is 17.9. The zero-order valence-electron chi connectivity index (χ0n) is 21.5. The summed E-state index contributed by atoms with van der Waals surface area (Å²) < 4.78 is 34.1. The van der Waals surface area contributed by atoms with E-state index in [0.717, 1.165) is 15.9 Å². The number of hydrogen-bond donors (Lipinski definition) is 2.